The number of nitrogens with one attached hydrogen (secondary N) is 2. The molecule has 24 heavy (non-hydrogen) atoms. The average molecular weight is 362 g/mol. The zero-order valence-electron chi connectivity index (χ0n) is 12.4. The molecule has 0 amide bonds. The molecule has 3 rings (SSSR count). The van der Waals surface area contributed by atoms with E-state index in [1.807, 2.05) is 24.3 Å². The van der Waals surface area contributed by atoms with Crippen LogP contribution in [0.1, 0.15) is 5.56 Å². The van der Waals surface area contributed by atoms with Gasteiger partial charge >= 0.3 is 0 Å². The molecule has 0 fully saturated rings. The summed E-state index contributed by atoms with van der Waals surface area (Å²) >= 11 is 11.1. The van der Waals surface area contributed by atoms with Gasteiger partial charge in [0.25, 0.3) is 0 Å². The quantitative estimate of drug-likeness (QED) is 0.690. The van der Waals surface area contributed by atoms with Crippen LogP contribution in [0, 0.1) is 5.82 Å². The molecule has 2 N–H and O–H groups in total. The maximum absolute atomic E-state index is 13.6. The number of para-hydroxylation sites is 1. The summed E-state index contributed by atoms with van der Waals surface area (Å²) in [5.41, 5.74) is 1.29. The van der Waals surface area contributed by atoms with E-state index >= 15 is 0 Å². The largest absolute Gasteiger partial charge is 0.330 e. The first-order valence-corrected chi connectivity index (χ1v) is 7.85. The summed E-state index contributed by atoms with van der Waals surface area (Å²) in [7, 11) is 0. The Morgan fingerprint density at radius 3 is 2.79 bits per heavy atom. The molecule has 0 unspecified atom stereocenters. The van der Waals surface area contributed by atoms with Crippen molar-refractivity contribution < 1.29 is 4.39 Å². The van der Waals surface area contributed by atoms with Crippen molar-refractivity contribution in [3.63, 3.8) is 0 Å². The molecule has 0 spiro atoms. The molecule has 122 valence electrons. The Morgan fingerprint density at radius 1 is 1.17 bits per heavy atom. The van der Waals surface area contributed by atoms with Crippen LogP contribution in [0.2, 0.25) is 5.02 Å². The minimum Gasteiger partial charge on any atom is -0.330 e. The van der Waals surface area contributed by atoms with Crippen molar-refractivity contribution in [1.29, 1.82) is 0 Å². The van der Waals surface area contributed by atoms with Crippen LogP contribution in [0.25, 0.3) is 0 Å². The number of hydrogen-bond acceptors (Lipinski definition) is 3. The molecule has 0 atom stereocenters. The average Bonchev–Trinajstić information content (AvgIpc) is 2.96. The fourth-order valence-corrected chi connectivity index (χ4v) is 2.48. The molecule has 0 aliphatic heterocycles. The molecule has 0 radical (unpaired) electrons. The number of nitrogens with zero attached hydrogens (tertiary/aromatic N) is 3. The van der Waals surface area contributed by atoms with Crippen LogP contribution in [0.4, 0.5) is 16.0 Å². The molecule has 0 saturated heterocycles. The minimum atomic E-state index is -0.388. The lowest BCUT2D eigenvalue weighted by atomic mass is 10.2. The van der Waals surface area contributed by atoms with Gasteiger partial charge in [-0.2, -0.15) is 0 Å². The molecule has 2 aromatic carbocycles. The van der Waals surface area contributed by atoms with Gasteiger partial charge in [-0.05, 0) is 42.0 Å². The predicted octanol–water partition coefficient (Wildman–Crippen LogP) is 3.93. The SMILES string of the molecule is Fc1ccccc1NC(=S)Nc1ncn(Cc2cccc(Cl)c2)n1. The lowest BCUT2D eigenvalue weighted by molar-refractivity contribution is 0.632. The molecule has 0 aliphatic carbocycles. The van der Waals surface area contributed by atoms with E-state index in [2.05, 4.69) is 20.7 Å². The first-order chi connectivity index (χ1) is 11.6. The van der Waals surface area contributed by atoms with E-state index in [0.717, 1.165) is 5.56 Å². The standard InChI is InChI=1S/C16H13ClFN5S/c17-12-5-3-4-11(8-12)9-23-10-19-15(22-23)21-16(24)20-14-7-2-1-6-13(14)18/h1-8,10H,9H2,(H2,20,21,22,24). The van der Waals surface area contributed by atoms with Crippen molar-refractivity contribution in [2.24, 2.45) is 0 Å². The Labute approximate surface area is 148 Å². The Morgan fingerprint density at radius 2 is 2.00 bits per heavy atom. The smallest absolute Gasteiger partial charge is 0.248 e. The van der Waals surface area contributed by atoms with E-state index in [4.69, 9.17) is 23.8 Å². The van der Waals surface area contributed by atoms with Crippen molar-refractivity contribution in [3.8, 4) is 0 Å². The summed E-state index contributed by atoms with van der Waals surface area (Å²) < 4.78 is 15.2. The monoisotopic (exact) mass is 361 g/mol. The number of anilines is 2. The lowest BCUT2D eigenvalue weighted by Crippen LogP contribution is -2.20. The molecule has 0 aliphatic rings. The van der Waals surface area contributed by atoms with Crippen LogP contribution in [0.15, 0.2) is 54.9 Å². The molecular formula is C16H13ClFN5S. The summed E-state index contributed by atoms with van der Waals surface area (Å²) in [5, 5.41) is 10.7. The summed E-state index contributed by atoms with van der Waals surface area (Å²) in [6.45, 7) is 0.530. The maximum atomic E-state index is 13.6. The summed E-state index contributed by atoms with van der Waals surface area (Å²) in [4.78, 5) is 4.13. The molecule has 3 aromatic rings. The highest BCUT2D eigenvalue weighted by atomic mass is 35.5. The maximum Gasteiger partial charge on any atom is 0.248 e. The van der Waals surface area contributed by atoms with Crippen LogP contribution >= 0.6 is 23.8 Å². The Kier molecular flexibility index (Phi) is 5.02. The molecule has 1 heterocycles. The third kappa shape index (κ3) is 4.27. The molecule has 1 aromatic heterocycles. The number of thiocarbonyl (C=S) groups is 1. The van der Waals surface area contributed by atoms with E-state index in [0.29, 0.717) is 17.5 Å². The Bertz CT molecular complexity index is 867. The Hall–Kier alpha value is -2.51. The van der Waals surface area contributed by atoms with Gasteiger partial charge in [-0.15, -0.1) is 5.10 Å². The van der Waals surface area contributed by atoms with E-state index < -0.39 is 0 Å². The number of halogens is 2. The minimum absolute atomic E-state index is 0.209. The second-order valence-electron chi connectivity index (χ2n) is 4.95. The van der Waals surface area contributed by atoms with Crippen molar-refractivity contribution >= 4 is 40.6 Å². The van der Waals surface area contributed by atoms with E-state index in [-0.39, 0.29) is 16.6 Å². The van der Waals surface area contributed by atoms with Crippen molar-refractivity contribution in [1.82, 2.24) is 14.8 Å². The van der Waals surface area contributed by atoms with Crippen LogP contribution in [0.3, 0.4) is 0 Å². The van der Waals surface area contributed by atoms with Crippen LogP contribution in [-0.4, -0.2) is 19.9 Å². The molecule has 0 saturated carbocycles. The highest BCUT2D eigenvalue weighted by Crippen LogP contribution is 2.13. The number of benzene rings is 2. The molecular weight excluding hydrogens is 349 g/mol. The van der Waals surface area contributed by atoms with Gasteiger partial charge in [0.1, 0.15) is 12.1 Å². The van der Waals surface area contributed by atoms with E-state index in [1.54, 1.807) is 29.2 Å². The van der Waals surface area contributed by atoms with Gasteiger partial charge in [-0.25, -0.2) is 14.1 Å². The number of aromatic nitrogens is 3. The summed E-state index contributed by atoms with van der Waals surface area (Å²) in [5.74, 6) is -0.0630. The van der Waals surface area contributed by atoms with Gasteiger partial charge in [0.05, 0.1) is 12.2 Å². The predicted molar refractivity (Wildman–Crippen MR) is 96.8 cm³/mol. The van der Waals surface area contributed by atoms with Gasteiger partial charge in [0.15, 0.2) is 5.11 Å². The summed E-state index contributed by atoms with van der Waals surface area (Å²) in [6, 6.07) is 13.8. The Balaban J connectivity index is 1.61. The second-order valence-corrected chi connectivity index (χ2v) is 5.80. The highest BCUT2D eigenvalue weighted by molar-refractivity contribution is 7.80. The van der Waals surface area contributed by atoms with Crippen molar-refractivity contribution in [2.75, 3.05) is 10.6 Å². The molecule has 8 heteroatoms. The topological polar surface area (TPSA) is 54.8 Å². The summed E-state index contributed by atoms with van der Waals surface area (Å²) in [6.07, 6.45) is 1.58. The van der Waals surface area contributed by atoms with Crippen molar-refractivity contribution in [3.05, 3.63) is 71.3 Å². The zero-order valence-corrected chi connectivity index (χ0v) is 14.0. The van der Waals surface area contributed by atoms with Crippen LogP contribution in [0.5, 0.6) is 0 Å². The third-order valence-corrected chi connectivity index (χ3v) is 3.56. The van der Waals surface area contributed by atoms with Gasteiger partial charge in [-0.3, -0.25) is 5.32 Å². The van der Waals surface area contributed by atoms with Crippen LogP contribution < -0.4 is 10.6 Å². The number of hydrogen-bond donors (Lipinski definition) is 2. The molecule has 5 nitrogen and oxygen atoms in total. The fourth-order valence-electron chi connectivity index (χ4n) is 2.07. The van der Waals surface area contributed by atoms with E-state index in [1.165, 1.54) is 6.07 Å². The first kappa shape index (κ1) is 16.4. The normalized spacial score (nSPS) is 10.4. The van der Waals surface area contributed by atoms with Gasteiger partial charge in [-0.1, -0.05) is 35.9 Å². The van der Waals surface area contributed by atoms with Gasteiger partial charge in [0.2, 0.25) is 5.95 Å². The molecule has 0 bridgehead atoms. The number of rotatable bonds is 4. The first-order valence-electron chi connectivity index (χ1n) is 7.06. The highest BCUT2D eigenvalue weighted by Gasteiger charge is 2.06. The van der Waals surface area contributed by atoms with Crippen LogP contribution in [-0.2, 0) is 6.54 Å². The zero-order chi connectivity index (χ0) is 16.9. The van der Waals surface area contributed by atoms with Crippen molar-refractivity contribution in [2.45, 2.75) is 6.54 Å². The van der Waals surface area contributed by atoms with E-state index in [9.17, 15) is 4.39 Å². The lowest BCUT2D eigenvalue weighted by Gasteiger charge is -2.08. The van der Waals surface area contributed by atoms with Gasteiger partial charge in [0, 0.05) is 5.02 Å². The third-order valence-electron chi connectivity index (χ3n) is 3.12. The second kappa shape index (κ2) is 7.37. The fraction of sp³-hybridized carbons (Fsp3) is 0.0625. The van der Waals surface area contributed by atoms with Gasteiger partial charge < -0.3 is 5.32 Å².